The molecule has 30 heavy (non-hydrogen) atoms. The fourth-order valence-electron chi connectivity index (χ4n) is 2.79. The minimum atomic E-state index is -4.36. The molecule has 0 aliphatic heterocycles. The molecule has 0 saturated heterocycles. The van der Waals surface area contributed by atoms with E-state index in [1.165, 1.54) is 24.0 Å². The molecule has 1 amide bonds. The van der Waals surface area contributed by atoms with Crippen LogP contribution in [0.2, 0.25) is 0 Å². The molecule has 0 atom stereocenters. The summed E-state index contributed by atoms with van der Waals surface area (Å²) >= 11 is 1.25. The molecule has 0 spiro atoms. The third-order valence-corrected chi connectivity index (χ3v) is 5.32. The van der Waals surface area contributed by atoms with Crippen LogP contribution in [0.5, 0.6) is 0 Å². The Kier molecular flexibility index (Phi) is 5.45. The van der Waals surface area contributed by atoms with Crippen molar-refractivity contribution in [1.82, 2.24) is 20.5 Å². The predicted molar refractivity (Wildman–Crippen MR) is 107 cm³/mol. The maximum Gasteiger partial charge on any atom is 0.416 e. The molecule has 5 nitrogen and oxygen atoms in total. The Labute approximate surface area is 173 Å². The van der Waals surface area contributed by atoms with Crippen LogP contribution in [0.4, 0.5) is 13.2 Å². The zero-order chi connectivity index (χ0) is 21.1. The van der Waals surface area contributed by atoms with Gasteiger partial charge in [0.05, 0.1) is 17.3 Å². The Balaban J connectivity index is 1.37. The molecule has 0 bridgehead atoms. The summed E-state index contributed by atoms with van der Waals surface area (Å²) in [5, 5.41) is 10.2. The first-order valence-corrected chi connectivity index (χ1v) is 9.71. The van der Waals surface area contributed by atoms with Gasteiger partial charge in [-0.15, -0.1) is 0 Å². The van der Waals surface area contributed by atoms with E-state index in [0.717, 1.165) is 28.0 Å². The Morgan fingerprint density at radius 2 is 1.83 bits per heavy atom. The van der Waals surface area contributed by atoms with E-state index in [2.05, 4.69) is 20.5 Å². The van der Waals surface area contributed by atoms with Crippen molar-refractivity contribution in [2.24, 2.45) is 0 Å². The Morgan fingerprint density at radius 1 is 1.03 bits per heavy atom. The van der Waals surface area contributed by atoms with Crippen molar-refractivity contribution >= 4 is 28.7 Å². The minimum Gasteiger partial charge on any atom is -0.348 e. The highest BCUT2D eigenvalue weighted by atomic mass is 32.2. The van der Waals surface area contributed by atoms with Crippen LogP contribution in [0.1, 0.15) is 21.5 Å². The first kappa shape index (κ1) is 20.0. The second-order valence-corrected chi connectivity index (χ2v) is 7.63. The molecule has 0 aliphatic rings. The number of fused-ring (bicyclic) bond motifs is 1. The number of carbonyl (C=O) groups is 1. The van der Waals surface area contributed by atoms with Crippen LogP contribution in [0.3, 0.4) is 0 Å². The van der Waals surface area contributed by atoms with Gasteiger partial charge in [-0.1, -0.05) is 30.0 Å². The third-order valence-electron chi connectivity index (χ3n) is 4.33. The second-order valence-electron chi connectivity index (χ2n) is 6.49. The van der Waals surface area contributed by atoms with Crippen LogP contribution in [0.15, 0.2) is 76.8 Å². The van der Waals surface area contributed by atoms with Gasteiger partial charge in [0, 0.05) is 27.9 Å². The number of carbonyl (C=O) groups excluding carboxylic acids is 1. The second kappa shape index (κ2) is 8.19. The van der Waals surface area contributed by atoms with Crippen LogP contribution < -0.4 is 5.32 Å². The lowest BCUT2D eigenvalue weighted by molar-refractivity contribution is -0.137. The number of halogens is 3. The molecule has 0 unspecified atom stereocenters. The van der Waals surface area contributed by atoms with Crippen molar-refractivity contribution in [3.8, 4) is 0 Å². The number of nitrogens with one attached hydrogen (secondary N) is 2. The Bertz CT molecular complexity index is 1190. The Hall–Kier alpha value is -3.33. The summed E-state index contributed by atoms with van der Waals surface area (Å²) in [7, 11) is 0. The number of aromatic amines is 1. The summed E-state index contributed by atoms with van der Waals surface area (Å²) < 4.78 is 38.5. The number of pyridine rings is 1. The zero-order valence-electron chi connectivity index (χ0n) is 15.4. The zero-order valence-corrected chi connectivity index (χ0v) is 16.2. The number of alkyl halides is 3. The summed E-state index contributed by atoms with van der Waals surface area (Å²) in [6, 6.07) is 14.2. The van der Waals surface area contributed by atoms with E-state index in [0.29, 0.717) is 22.7 Å². The highest BCUT2D eigenvalue weighted by Crippen LogP contribution is 2.34. The van der Waals surface area contributed by atoms with Gasteiger partial charge in [0.15, 0.2) is 5.65 Å². The van der Waals surface area contributed by atoms with E-state index in [1.54, 1.807) is 18.3 Å². The number of H-pyrrole nitrogens is 1. The van der Waals surface area contributed by atoms with E-state index in [9.17, 15) is 18.0 Å². The molecular formula is C21H15F3N4OS. The first-order valence-electron chi connectivity index (χ1n) is 8.90. The first-order chi connectivity index (χ1) is 14.4. The van der Waals surface area contributed by atoms with Crippen molar-refractivity contribution in [3.05, 3.63) is 83.7 Å². The maximum atomic E-state index is 12.8. The van der Waals surface area contributed by atoms with Gasteiger partial charge in [-0.25, -0.2) is 4.98 Å². The lowest BCUT2D eigenvalue weighted by Gasteiger charge is -2.09. The molecule has 2 heterocycles. The Morgan fingerprint density at radius 3 is 2.60 bits per heavy atom. The predicted octanol–water partition coefficient (Wildman–Crippen LogP) is 5.06. The van der Waals surface area contributed by atoms with Gasteiger partial charge in [-0.3, -0.25) is 9.89 Å². The number of hydrogen-bond donors (Lipinski definition) is 2. The molecular weight excluding hydrogens is 413 g/mol. The molecule has 2 aromatic heterocycles. The lowest BCUT2D eigenvalue weighted by Crippen LogP contribution is -2.22. The van der Waals surface area contributed by atoms with E-state index >= 15 is 0 Å². The van der Waals surface area contributed by atoms with Crippen molar-refractivity contribution in [3.63, 3.8) is 0 Å². The smallest absolute Gasteiger partial charge is 0.348 e. The molecule has 4 aromatic rings. The average Bonchev–Trinajstić information content (AvgIpc) is 3.20. The van der Waals surface area contributed by atoms with E-state index < -0.39 is 11.7 Å². The lowest BCUT2D eigenvalue weighted by atomic mass is 10.2. The van der Waals surface area contributed by atoms with E-state index in [-0.39, 0.29) is 5.91 Å². The van der Waals surface area contributed by atoms with Crippen LogP contribution in [-0.4, -0.2) is 21.1 Å². The van der Waals surface area contributed by atoms with Crippen LogP contribution in [0.25, 0.3) is 11.0 Å². The summed E-state index contributed by atoms with van der Waals surface area (Å²) in [4.78, 5) is 17.8. The van der Waals surface area contributed by atoms with E-state index in [1.807, 2.05) is 24.3 Å². The highest BCUT2D eigenvalue weighted by molar-refractivity contribution is 7.99. The van der Waals surface area contributed by atoms with Crippen molar-refractivity contribution in [1.29, 1.82) is 0 Å². The van der Waals surface area contributed by atoms with Crippen molar-refractivity contribution in [2.75, 3.05) is 0 Å². The molecule has 0 aliphatic carbocycles. The fourth-order valence-corrected chi connectivity index (χ4v) is 3.67. The molecule has 2 N–H and O–H groups in total. The summed E-state index contributed by atoms with van der Waals surface area (Å²) in [5.74, 6) is -0.256. The van der Waals surface area contributed by atoms with Gasteiger partial charge in [-0.2, -0.15) is 18.3 Å². The minimum absolute atomic E-state index is 0.256. The summed E-state index contributed by atoms with van der Waals surface area (Å²) in [6.07, 6.45) is -1.29. The van der Waals surface area contributed by atoms with Crippen LogP contribution in [0, 0.1) is 0 Å². The third kappa shape index (κ3) is 4.62. The molecule has 2 aromatic carbocycles. The average molecular weight is 428 g/mol. The number of benzene rings is 2. The SMILES string of the molecule is O=C(NCc1ccc(Sc2cccc(C(F)(F)F)c2)cc1)c1cnc2[nH]ncc2c1. The van der Waals surface area contributed by atoms with Crippen molar-refractivity contribution in [2.45, 2.75) is 22.5 Å². The molecule has 152 valence electrons. The molecule has 0 radical (unpaired) electrons. The largest absolute Gasteiger partial charge is 0.416 e. The quantitative estimate of drug-likeness (QED) is 0.466. The molecule has 0 saturated carbocycles. The van der Waals surface area contributed by atoms with Crippen molar-refractivity contribution < 1.29 is 18.0 Å². The number of amides is 1. The maximum absolute atomic E-state index is 12.8. The number of hydrogen-bond acceptors (Lipinski definition) is 4. The molecule has 4 rings (SSSR count). The van der Waals surface area contributed by atoms with Gasteiger partial charge >= 0.3 is 6.18 Å². The summed E-state index contributed by atoms with van der Waals surface area (Å²) in [5.41, 5.74) is 1.24. The van der Waals surface area contributed by atoms with Gasteiger partial charge in [-0.05, 0) is 42.0 Å². The topological polar surface area (TPSA) is 70.7 Å². The number of aromatic nitrogens is 3. The standard InChI is InChI=1S/C21H15F3N4OS/c22-21(23,24)16-2-1-3-18(9-16)30-17-6-4-13(5-7-17)10-26-20(29)15-8-14-12-27-28-19(14)25-11-15/h1-9,11-12H,10H2,(H,26,29)(H,25,27,28). The monoisotopic (exact) mass is 428 g/mol. The number of rotatable bonds is 5. The normalized spacial score (nSPS) is 11.6. The van der Waals surface area contributed by atoms with E-state index in [4.69, 9.17) is 0 Å². The van der Waals surface area contributed by atoms with Crippen LogP contribution in [-0.2, 0) is 12.7 Å². The summed E-state index contributed by atoms with van der Waals surface area (Å²) in [6.45, 7) is 0.316. The molecule has 0 fully saturated rings. The van der Waals surface area contributed by atoms with Gasteiger partial charge in [0.2, 0.25) is 0 Å². The van der Waals surface area contributed by atoms with Crippen LogP contribution >= 0.6 is 11.8 Å². The van der Waals surface area contributed by atoms with Gasteiger partial charge in [0.25, 0.3) is 5.91 Å². The van der Waals surface area contributed by atoms with Gasteiger partial charge < -0.3 is 5.32 Å². The fraction of sp³-hybridized carbons (Fsp3) is 0.0952. The highest BCUT2D eigenvalue weighted by Gasteiger charge is 2.30. The molecule has 9 heteroatoms. The van der Waals surface area contributed by atoms with Gasteiger partial charge in [0.1, 0.15) is 0 Å². The number of nitrogens with zero attached hydrogens (tertiary/aromatic N) is 2.